The second kappa shape index (κ2) is 22.9. The Balaban J connectivity index is 0.787. The number of hydrogen-bond acceptors (Lipinski definition) is 13. The molecule has 0 fully saturated rings. The third-order valence-corrected chi connectivity index (χ3v) is 15.0. The molecule has 0 saturated carbocycles. The minimum Gasteiger partial charge on any atom is -0.494 e. The number of rotatable bonds is 22. The molecular formula is C58H62O13S2. The molecule has 2 heterocycles. The average molecular weight is 1030 g/mol. The highest BCUT2D eigenvalue weighted by molar-refractivity contribution is 7.90. The Bertz CT molecular complexity index is 2970. The molecule has 0 spiro atoms. The minimum atomic E-state index is -3.03. The maximum absolute atomic E-state index is 13.1. The molecule has 0 unspecified atom stereocenters. The lowest BCUT2D eigenvalue weighted by atomic mass is 9.94. The molecule has 2 aliphatic rings. The molecule has 2 aliphatic heterocycles. The highest BCUT2D eigenvalue weighted by Gasteiger charge is 2.31. The Morgan fingerprint density at radius 2 is 0.904 bits per heavy atom. The molecule has 8 rings (SSSR count). The van der Waals surface area contributed by atoms with E-state index >= 15 is 0 Å². The largest absolute Gasteiger partial charge is 0.494 e. The van der Waals surface area contributed by atoms with Crippen LogP contribution in [0, 0.1) is 27.7 Å². The van der Waals surface area contributed by atoms with Crippen molar-refractivity contribution in [1.29, 1.82) is 0 Å². The van der Waals surface area contributed by atoms with Crippen LogP contribution in [0.1, 0.15) is 82.0 Å². The van der Waals surface area contributed by atoms with Crippen molar-refractivity contribution in [3.8, 4) is 56.8 Å². The lowest BCUT2D eigenvalue weighted by Crippen LogP contribution is -2.18. The molecule has 15 heteroatoms. The highest BCUT2D eigenvalue weighted by atomic mass is 32.2. The summed E-state index contributed by atoms with van der Waals surface area (Å²) in [6.45, 7) is 9.96. The van der Waals surface area contributed by atoms with E-state index in [4.69, 9.17) is 33.2 Å². The maximum atomic E-state index is 13.1. The van der Waals surface area contributed by atoms with Gasteiger partial charge in [0.2, 0.25) is 0 Å². The van der Waals surface area contributed by atoms with Gasteiger partial charge in [-0.05, 0) is 145 Å². The Kier molecular flexibility index (Phi) is 16.5. The second-order valence-electron chi connectivity index (χ2n) is 19.2. The summed E-state index contributed by atoms with van der Waals surface area (Å²) in [5.41, 5.74) is 12.1. The number of carbonyl (C=O) groups is 2. The lowest BCUT2D eigenvalue weighted by Gasteiger charge is -2.15. The van der Waals surface area contributed by atoms with E-state index in [1.807, 2.05) is 113 Å². The summed E-state index contributed by atoms with van der Waals surface area (Å²) in [7, 11) is -6.07. The van der Waals surface area contributed by atoms with Gasteiger partial charge in [0.15, 0.2) is 0 Å². The Labute approximate surface area is 428 Å². The number of esters is 2. The smallest absolute Gasteiger partial charge is 0.314 e. The van der Waals surface area contributed by atoms with Crippen LogP contribution in [0.4, 0.5) is 0 Å². The number of benzene rings is 6. The molecular weight excluding hydrogens is 969 g/mol. The number of ether oxygens (including phenoxy) is 7. The summed E-state index contributed by atoms with van der Waals surface area (Å²) < 4.78 is 87.3. The molecule has 0 amide bonds. The predicted octanol–water partition coefficient (Wildman–Crippen LogP) is 10.5. The fraction of sp³-hybridized carbons (Fsp3) is 0.345. The van der Waals surface area contributed by atoms with Gasteiger partial charge in [-0.1, -0.05) is 48.5 Å². The summed E-state index contributed by atoms with van der Waals surface area (Å²) >= 11 is 0. The molecule has 73 heavy (non-hydrogen) atoms. The summed E-state index contributed by atoms with van der Waals surface area (Å²) in [5.74, 6) is 2.29. The van der Waals surface area contributed by atoms with Crippen molar-refractivity contribution in [1.82, 2.24) is 0 Å². The average Bonchev–Trinajstić information content (AvgIpc) is 3.92. The summed E-state index contributed by atoms with van der Waals surface area (Å²) in [4.78, 5) is 26.1. The number of carbonyl (C=O) groups excluding carboxylic acids is 2. The van der Waals surface area contributed by atoms with Crippen molar-refractivity contribution >= 4 is 31.6 Å². The topological polar surface area (TPSA) is 167 Å². The fourth-order valence-corrected chi connectivity index (χ4v) is 10.8. The van der Waals surface area contributed by atoms with Gasteiger partial charge < -0.3 is 33.2 Å². The van der Waals surface area contributed by atoms with Crippen molar-refractivity contribution < 1.29 is 59.6 Å². The number of aryl methyl sites for hydroxylation is 4. The molecule has 2 atom stereocenters. The fourth-order valence-electron chi connectivity index (χ4n) is 9.56. The first-order chi connectivity index (χ1) is 34.8. The van der Waals surface area contributed by atoms with E-state index < -0.39 is 31.6 Å². The second-order valence-corrected chi connectivity index (χ2v) is 23.7. The van der Waals surface area contributed by atoms with Crippen molar-refractivity contribution in [2.45, 2.75) is 78.4 Å². The van der Waals surface area contributed by atoms with E-state index in [9.17, 15) is 26.4 Å². The van der Waals surface area contributed by atoms with Gasteiger partial charge in [0, 0.05) is 47.6 Å². The van der Waals surface area contributed by atoms with E-state index in [-0.39, 0.29) is 49.4 Å². The third-order valence-electron chi connectivity index (χ3n) is 12.9. The van der Waals surface area contributed by atoms with Crippen LogP contribution in [-0.4, -0.2) is 79.2 Å². The highest BCUT2D eigenvalue weighted by Crippen LogP contribution is 2.41. The SMILES string of the molecule is Cc1cc(OCCCS(C)(=O)=O)cc(C)c1-c1cccc(COc2ccc3c(c2)OC[C@H]3CC(=O)OC(=O)C[C@@H]2COc3cc(OCc4cccc(-c5c(C)cc(OCCCS(C)(=O)=O)cc5C)c4)ccc32)c1. The quantitative estimate of drug-likeness (QED) is 0.0358. The summed E-state index contributed by atoms with van der Waals surface area (Å²) in [6.07, 6.45) is 3.29. The zero-order chi connectivity index (χ0) is 51.9. The third kappa shape index (κ3) is 14.2. The number of hydrogen-bond donors (Lipinski definition) is 0. The van der Waals surface area contributed by atoms with Crippen molar-refractivity contribution in [2.24, 2.45) is 0 Å². The van der Waals surface area contributed by atoms with Gasteiger partial charge >= 0.3 is 11.9 Å². The van der Waals surface area contributed by atoms with Crippen LogP contribution in [0.2, 0.25) is 0 Å². The van der Waals surface area contributed by atoms with Gasteiger partial charge in [-0.25, -0.2) is 16.8 Å². The zero-order valence-electron chi connectivity index (χ0n) is 42.2. The van der Waals surface area contributed by atoms with Crippen LogP contribution in [0.25, 0.3) is 22.3 Å². The van der Waals surface area contributed by atoms with Gasteiger partial charge in [0.05, 0.1) is 50.8 Å². The zero-order valence-corrected chi connectivity index (χ0v) is 43.8. The Morgan fingerprint density at radius 3 is 1.29 bits per heavy atom. The Hall–Kier alpha value is -6.84. The van der Waals surface area contributed by atoms with Crippen LogP contribution in [0.3, 0.4) is 0 Å². The number of fused-ring (bicyclic) bond motifs is 2. The van der Waals surface area contributed by atoms with Crippen molar-refractivity contribution in [2.75, 3.05) is 50.4 Å². The first-order valence-corrected chi connectivity index (χ1v) is 28.5. The summed E-state index contributed by atoms with van der Waals surface area (Å²) in [5, 5.41) is 0. The van der Waals surface area contributed by atoms with Gasteiger partial charge in [0.25, 0.3) is 0 Å². The van der Waals surface area contributed by atoms with Crippen LogP contribution in [-0.2, 0) is 47.2 Å². The monoisotopic (exact) mass is 1030 g/mol. The van der Waals surface area contributed by atoms with E-state index in [1.165, 1.54) is 12.5 Å². The Morgan fingerprint density at radius 1 is 0.507 bits per heavy atom. The molecule has 0 aliphatic carbocycles. The number of sulfone groups is 2. The normalized spacial score (nSPS) is 14.9. The molecule has 0 bridgehead atoms. The van der Waals surface area contributed by atoms with Crippen molar-refractivity contribution in [3.63, 3.8) is 0 Å². The summed E-state index contributed by atoms with van der Waals surface area (Å²) in [6, 6.07) is 35.3. The van der Waals surface area contributed by atoms with E-state index in [2.05, 4.69) is 24.3 Å². The van der Waals surface area contributed by atoms with Gasteiger partial charge in [-0.3, -0.25) is 9.59 Å². The van der Waals surface area contributed by atoms with Crippen LogP contribution in [0.15, 0.2) is 109 Å². The molecule has 13 nitrogen and oxygen atoms in total. The standard InChI is InChI=1S/C58H62O13S2/c1-37-23-49(65-19-9-21-72(5,61)62)24-38(2)57(37)43-13-7-11-41(27-43)33-67-47-15-17-51-45(35-69-53(51)31-47)29-55(59)71-56(60)30-46-36-70-54-32-48(16-18-52(46)54)68-34-42-12-8-14-44(28-42)58-39(3)25-50(26-40(58)4)66-20-10-22-73(6,63)64/h7-8,11-18,23-28,31-32,45-46H,9-10,19-22,29-30,33-36H2,1-6H3/t45-,46-/m1/s1. The van der Waals surface area contributed by atoms with Gasteiger partial charge in [-0.15, -0.1) is 0 Å². The van der Waals surface area contributed by atoms with E-state index in [0.717, 1.165) is 66.8 Å². The molecule has 6 aromatic rings. The minimum absolute atomic E-state index is 0.0147. The van der Waals surface area contributed by atoms with Gasteiger partial charge in [0.1, 0.15) is 67.4 Å². The van der Waals surface area contributed by atoms with Crippen LogP contribution in [0.5, 0.6) is 34.5 Å². The van der Waals surface area contributed by atoms with Crippen molar-refractivity contribution in [3.05, 3.63) is 154 Å². The first kappa shape index (κ1) is 52.5. The molecule has 384 valence electrons. The van der Waals surface area contributed by atoms with Crippen LogP contribution < -0.4 is 28.4 Å². The molecule has 0 N–H and O–H groups in total. The molecule has 0 saturated heterocycles. The van der Waals surface area contributed by atoms with Crippen LogP contribution >= 0.6 is 0 Å². The molecule has 0 radical (unpaired) electrons. The predicted molar refractivity (Wildman–Crippen MR) is 281 cm³/mol. The van der Waals surface area contributed by atoms with E-state index in [1.54, 1.807) is 0 Å². The molecule has 6 aromatic carbocycles. The lowest BCUT2D eigenvalue weighted by molar-refractivity contribution is -0.160. The van der Waals surface area contributed by atoms with E-state index in [0.29, 0.717) is 73.8 Å². The van der Waals surface area contributed by atoms with Gasteiger partial charge in [-0.2, -0.15) is 0 Å². The maximum Gasteiger partial charge on any atom is 0.314 e. The first-order valence-electron chi connectivity index (χ1n) is 24.4. The molecule has 0 aromatic heterocycles.